The van der Waals surface area contributed by atoms with Crippen molar-refractivity contribution in [2.75, 3.05) is 0 Å². The van der Waals surface area contributed by atoms with Gasteiger partial charge in [0.25, 0.3) is 0 Å². The Kier molecular flexibility index (Phi) is 2.75. The third-order valence-corrected chi connectivity index (χ3v) is 1.58. The van der Waals surface area contributed by atoms with E-state index in [9.17, 15) is 0 Å². The van der Waals surface area contributed by atoms with Gasteiger partial charge >= 0.3 is 0 Å². The van der Waals surface area contributed by atoms with Crippen LogP contribution in [0, 0.1) is 6.92 Å². The molecule has 0 saturated heterocycles. The first-order chi connectivity index (χ1) is 5.77. The zero-order chi connectivity index (χ0) is 8.97. The summed E-state index contributed by atoms with van der Waals surface area (Å²) in [6.45, 7) is 7.58. The van der Waals surface area contributed by atoms with Gasteiger partial charge in [0.2, 0.25) is 0 Å². The van der Waals surface area contributed by atoms with Crippen molar-refractivity contribution in [1.82, 2.24) is 9.97 Å². The van der Waals surface area contributed by atoms with Gasteiger partial charge in [-0.1, -0.05) is 18.7 Å². The summed E-state index contributed by atoms with van der Waals surface area (Å²) in [5.74, 6) is 0.743. The molecule has 0 aliphatic rings. The minimum Gasteiger partial charge on any atom is -0.237 e. The summed E-state index contributed by atoms with van der Waals surface area (Å²) >= 11 is 0. The maximum Gasteiger partial charge on any atom is 0.158 e. The molecule has 1 rings (SSSR count). The van der Waals surface area contributed by atoms with Crippen molar-refractivity contribution in [2.24, 2.45) is 0 Å². The largest absolute Gasteiger partial charge is 0.237 e. The molecule has 1 aromatic rings. The van der Waals surface area contributed by atoms with Gasteiger partial charge in [-0.15, -0.1) is 0 Å². The molecular formula is C10H12N2. The maximum atomic E-state index is 4.26. The number of nitrogens with zero attached hydrogens (tertiary/aromatic N) is 2. The van der Waals surface area contributed by atoms with Gasteiger partial charge in [0.05, 0.1) is 0 Å². The molecular weight excluding hydrogens is 148 g/mol. The highest BCUT2D eigenvalue weighted by Gasteiger charge is 1.98. The van der Waals surface area contributed by atoms with Crippen LogP contribution in [0.1, 0.15) is 18.4 Å². The average Bonchev–Trinajstić information content (AvgIpc) is 2.07. The normalized spacial score (nSPS) is 11.3. The smallest absolute Gasteiger partial charge is 0.158 e. The van der Waals surface area contributed by atoms with E-state index in [0.717, 1.165) is 17.1 Å². The first-order valence-corrected chi connectivity index (χ1v) is 3.86. The summed E-state index contributed by atoms with van der Waals surface area (Å²) in [4.78, 5) is 8.40. The van der Waals surface area contributed by atoms with Crippen LogP contribution >= 0.6 is 0 Å². The topological polar surface area (TPSA) is 25.8 Å². The standard InChI is InChI=1S/C10H12N2/c1-4-9(5-2)10-11-7-6-8(3)12-10/h4-7H,1H2,2-3H3/b9-5+. The van der Waals surface area contributed by atoms with Gasteiger partial charge in [-0.2, -0.15) is 0 Å². The minimum atomic E-state index is 0.743. The predicted molar refractivity (Wildman–Crippen MR) is 50.6 cm³/mol. The SMILES string of the molecule is C=C/C(=C\C)c1nccc(C)n1. The molecule has 0 spiro atoms. The molecule has 2 heteroatoms. The molecule has 12 heavy (non-hydrogen) atoms. The van der Waals surface area contributed by atoms with Gasteiger partial charge < -0.3 is 0 Å². The highest BCUT2D eigenvalue weighted by Crippen LogP contribution is 2.09. The van der Waals surface area contributed by atoms with Gasteiger partial charge in [-0.25, -0.2) is 9.97 Å². The molecule has 2 nitrogen and oxygen atoms in total. The molecule has 1 heterocycles. The summed E-state index contributed by atoms with van der Waals surface area (Å²) in [5.41, 5.74) is 1.94. The fourth-order valence-corrected chi connectivity index (χ4v) is 0.926. The van der Waals surface area contributed by atoms with Crippen molar-refractivity contribution < 1.29 is 0 Å². The fourth-order valence-electron chi connectivity index (χ4n) is 0.926. The van der Waals surface area contributed by atoms with Crippen molar-refractivity contribution in [3.8, 4) is 0 Å². The lowest BCUT2D eigenvalue weighted by Crippen LogP contribution is -1.92. The zero-order valence-electron chi connectivity index (χ0n) is 7.41. The number of aryl methyl sites for hydroxylation is 1. The van der Waals surface area contributed by atoms with Crippen molar-refractivity contribution in [1.29, 1.82) is 0 Å². The van der Waals surface area contributed by atoms with E-state index in [1.807, 2.05) is 26.0 Å². The van der Waals surface area contributed by atoms with Gasteiger partial charge in [-0.3, -0.25) is 0 Å². The van der Waals surface area contributed by atoms with Crippen molar-refractivity contribution in [3.63, 3.8) is 0 Å². The Labute approximate surface area is 72.7 Å². The second-order valence-electron chi connectivity index (χ2n) is 2.47. The predicted octanol–water partition coefficient (Wildman–Crippen LogP) is 2.37. The van der Waals surface area contributed by atoms with Crippen molar-refractivity contribution in [3.05, 3.63) is 42.5 Å². The molecule has 0 aliphatic heterocycles. The van der Waals surface area contributed by atoms with Crippen LogP contribution in [-0.2, 0) is 0 Å². The van der Waals surface area contributed by atoms with Crippen LogP contribution in [-0.4, -0.2) is 9.97 Å². The Morgan fingerprint density at radius 3 is 2.83 bits per heavy atom. The molecule has 0 saturated carbocycles. The van der Waals surface area contributed by atoms with E-state index in [2.05, 4.69) is 16.5 Å². The maximum absolute atomic E-state index is 4.26. The molecule has 0 aliphatic carbocycles. The summed E-state index contributed by atoms with van der Waals surface area (Å²) in [5, 5.41) is 0. The highest BCUT2D eigenvalue weighted by atomic mass is 14.9. The van der Waals surface area contributed by atoms with Crippen LogP contribution < -0.4 is 0 Å². The molecule has 0 N–H and O–H groups in total. The summed E-state index contributed by atoms with van der Waals surface area (Å²) in [7, 11) is 0. The van der Waals surface area contributed by atoms with Crippen LogP contribution in [0.4, 0.5) is 0 Å². The number of aromatic nitrogens is 2. The van der Waals surface area contributed by atoms with Gasteiger partial charge in [0.1, 0.15) is 0 Å². The monoisotopic (exact) mass is 160 g/mol. The Morgan fingerprint density at radius 1 is 1.58 bits per heavy atom. The van der Waals surface area contributed by atoms with E-state index in [4.69, 9.17) is 0 Å². The molecule has 0 bridgehead atoms. The van der Waals surface area contributed by atoms with E-state index in [-0.39, 0.29) is 0 Å². The zero-order valence-corrected chi connectivity index (χ0v) is 7.41. The van der Waals surface area contributed by atoms with Crippen LogP contribution in [0.2, 0.25) is 0 Å². The third kappa shape index (κ3) is 1.78. The Bertz CT molecular complexity index is 313. The number of hydrogen-bond acceptors (Lipinski definition) is 2. The van der Waals surface area contributed by atoms with E-state index in [0.29, 0.717) is 0 Å². The lowest BCUT2D eigenvalue weighted by Gasteiger charge is -1.99. The van der Waals surface area contributed by atoms with Crippen LogP contribution in [0.5, 0.6) is 0 Å². The van der Waals surface area contributed by atoms with Gasteiger partial charge in [-0.05, 0) is 19.9 Å². The average molecular weight is 160 g/mol. The molecule has 0 unspecified atom stereocenters. The van der Waals surface area contributed by atoms with Crippen molar-refractivity contribution in [2.45, 2.75) is 13.8 Å². The lowest BCUT2D eigenvalue weighted by molar-refractivity contribution is 1.07. The summed E-state index contributed by atoms with van der Waals surface area (Å²) < 4.78 is 0. The first-order valence-electron chi connectivity index (χ1n) is 3.86. The Balaban J connectivity index is 3.10. The minimum absolute atomic E-state index is 0.743. The second kappa shape index (κ2) is 3.81. The molecule has 1 aromatic heterocycles. The number of hydrogen-bond donors (Lipinski definition) is 0. The van der Waals surface area contributed by atoms with E-state index in [1.54, 1.807) is 12.3 Å². The van der Waals surface area contributed by atoms with Crippen molar-refractivity contribution >= 4 is 5.57 Å². The molecule has 62 valence electrons. The lowest BCUT2D eigenvalue weighted by atomic mass is 10.2. The van der Waals surface area contributed by atoms with E-state index < -0.39 is 0 Å². The summed E-state index contributed by atoms with van der Waals surface area (Å²) in [6, 6.07) is 1.87. The summed E-state index contributed by atoms with van der Waals surface area (Å²) in [6.07, 6.45) is 5.46. The molecule has 0 radical (unpaired) electrons. The van der Waals surface area contributed by atoms with Crippen LogP contribution in [0.15, 0.2) is 31.0 Å². The van der Waals surface area contributed by atoms with Crippen LogP contribution in [0.3, 0.4) is 0 Å². The number of rotatable bonds is 2. The highest BCUT2D eigenvalue weighted by molar-refractivity contribution is 5.68. The van der Waals surface area contributed by atoms with E-state index in [1.165, 1.54) is 0 Å². The molecule has 0 fully saturated rings. The third-order valence-electron chi connectivity index (χ3n) is 1.58. The fraction of sp³-hybridized carbons (Fsp3) is 0.200. The first kappa shape index (κ1) is 8.65. The second-order valence-corrected chi connectivity index (χ2v) is 2.47. The van der Waals surface area contributed by atoms with Crippen LogP contribution in [0.25, 0.3) is 5.57 Å². The van der Waals surface area contributed by atoms with E-state index >= 15 is 0 Å². The van der Waals surface area contributed by atoms with Gasteiger partial charge in [0, 0.05) is 17.5 Å². The van der Waals surface area contributed by atoms with Gasteiger partial charge in [0.15, 0.2) is 5.82 Å². The molecule has 0 atom stereocenters. The number of allylic oxidation sites excluding steroid dienone is 3. The quantitative estimate of drug-likeness (QED) is 0.621. The molecule has 0 aromatic carbocycles. The Hall–Kier alpha value is -1.44. The molecule has 0 amide bonds. The Morgan fingerprint density at radius 2 is 2.33 bits per heavy atom.